The molecule has 0 aromatic carbocycles. The summed E-state index contributed by atoms with van der Waals surface area (Å²) in [6.45, 7) is 5.40. The summed E-state index contributed by atoms with van der Waals surface area (Å²) in [6.07, 6.45) is -0.497. The number of hydrogen-bond donors (Lipinski definition) is 1. The van der Waals surface area contributed by atoms with Gasteiger partial charge in [-0.05, 0) is 19.4 Å². The molecule has 0 bridgehead atoms. The van der Waals surface area contributed by atoms with Gasteiger partial charge in [0.2, 0.25) is 0 Å². The SMILES string of the molecule is CC(C)N1CC(N=[N+]=[N-])[C@H](O)C1. The van der Waals surface area contributed by atoms with Crippen LogP contribution < -0.4 is 0 Å². The molecule has 1 fully saturated rings. The van der Waals surface area contributed by atoms with Crippen LogP contribution in [0.1, 0.15) is 13.8 Å². The van der Waals surface area contributed by atoms with E-state index in [2.05, 4.69) is 28.8 Å². The fraction of sp³-hybridized carbons (Fsp3) is 1.00. The average Bonchev–Trinajstić information content (AvgIpc) is 2.34. The van der Waals surface area contributed by atoms with E-state index in [0.717, 1.165) is 0 Å². The number of azide groups is 1. The zero-order valence-corrected chi connectivity index (χ0v) is 7.38. The van der Waals surface area contributed by atoms with Gasteiger partial charge in [-0.15, -0.1) is 0 Å². The molecule has 1 saturated heterocycles. The molecule has 68 valence electrons. The molecule has 0 spiro atoms. The highest BCUT2D eigenvalue weighted by molar-refractivity contribution is 4.90. The fourth-order valence-corrected chi connectivity index (χ4v) is 1.40. The molecule has 0 aromatic rings. The third-order valence-corrected chi connectivity index (χ3v) is 2.22. The number of β-amino-alcohol motifs (C(OH)–C–C–N with tert-alkyl or cyclic N) is 1. The molecule has 1 rings (SSSR count). The van der Waals surface area contributed by atoms with Crippen molar-refractivity contribution in [3.05, 3.63) is 10.4 Å². The summed E-state index contributed by atoms with van der Waals surface area (Å²) >= 11 is 0. The second-order valence-electron chi connectivity index (χ2n) is 3.39. The van der Waals surface area contributed by atoms with Gasteiger partial charge in [-0.2, -0.15) is 0 Å². The molecule has 1 unspecified atom stereocenters. The van der Waals surface area contributed by atoms with Crippen molar-refractivity contribution in [2.45, 2.75) is 32.0 Å². The van der Waals surface area contributed by atoms with E-state index in [0.29, 0.717) is 19.1 Å². The van der Waals surface area contributed by atoms with Gasteiger partial charge in [0, 0.05) is 24.0 Å². The number of hydrogen-bond acceptors (Lipinski definition) is 3. The Bertz CT molecular complexity index is 200. The van der Waals surface area contributed by atoms with Crippen molar-refractivity contribution in [2.24, 2.45) is 5.11 Å². The number of likely N-dealkylation sites (tertiary alicyclic amines) is 1. The minimum Gasteiger partial charge on any atom is -0.391 e. The third-order valence-electron chi connectivity index (χ3n) is 2.22. The van der Waals surface area contributed by atoms with Crippen molar-refractivity contribution >= 4 is 0 Å². The molecule has 1 N–H and O–H groups in total. The van der Waals surface area contributed by atoms with Crippen molar-refractivity contribution in [2.75, 3.05) is 13.1 Å². The first-order chi connectivity index (χ1) is 5.65. The lowest BCUT2D eigenvalue weighted by molar-refractivity contribution is 0.158. The van der Waals surface area contributed by atoms with Gasteiger partial charge in [0.25, 0.3) is 0 Å². The van der Waals surface area contributed by atoms with Crippen molar-refractivity contribution in [1.29, 1.82) is 0 Å². The Balaban J connectivity index is 2.55. The Labute approximate surface area is 71.6 Å². The molecule has 5 nitrogen and oxygen atoms in total. The van der Waals surface area contributed by atoms with Crippen molar-refractivity contribution < 1.29 is 5.11 Å². The molecule has 1 aliphatic heterocycles. The Morgan fingerprint density at radius 2 is 2.25 bits per heavy atom. The molecule has 5 heteroatoms. The molecule has 0 aromatic heterocycles. The third kappa shape index (κ3) is 1.88. The Morgan fingerprint density at radius 3 is 2.67 bits per heavy atom. The minimum absolute atomic E-state index is 0.266. The summed E-state index contributed by atoms with van der Waals surface area (Å²) < 4.78 is 0. The number of aliphatic hydroxyl groups excluding tert-OH is 1. The van der Waals surface area contributed by atoms with Crippen LogP contribution in [0.5, 0.6) is 0 Å². The van der Waals surface area contributed by atoms with Gasteiger partial charge in [0.15, 0.2) is 0 Å². The minimum atomic E-state index is -0.497. The van der Waals surface area contributed by atoms with Crippen LogP contribution in [-0.2, 0) is 0 Å². The second kappa shape index (κ2) is 3.76. The van der Waals surface area contributed by atoms with E-state index >= 15 is 0 Å². The average molecular weight is 170 g/mol. The highest BCUT2D eigenvalue weighted by Gasteiger charge is 2.31. The maximum absolute atomic E-state index is 9.43. The monoisotopic (exact) mass is 170 g/mol. The van der Waals surface area contributed by atoms with Gasteiger partial charge < -0.3 is 5.11 Å². The first-order valence-corrected chi connectivity index (χ1v) is 4.11. The largest absolute Gasteiger partial charge is 0.391 e. The van der Waals surface area contributed by atoms with Crippen LogP contribution in [0.15, 0.2) is 5.11 Å². The number of nitrogens with zero attached hydrogens (tertiary/aromatic N) is 4. The van der Waals surface area contributed by atoms with Crippen LogP contribution >= 0.6 is 0 Å². The van der Waals surface area contributed by atoms with Crippen LogP contribution in [0, 0.1) is 0 Å². The van der Waals surface area contributed by atoms with Crippen LogP contribution in [-0.4, -0.2) is 41.3 Å². The summed E-state index contributed by atoms with van der Waals surface area (Å²) in [5.41, 5.74) is 8.20. The Kier molecular flexibility index (Phi) is 2.92. The lowest BCUT2D eigenvalue weighted by Crippen LogP contribution is -2.29. The first kappa shape index (κ1) is 9.32. The first-order valence-electron chi connectivity index (χ1n) is 4.11. The number of aliphatic hydroxyl groups is 1. The molecular weight excluding hydrogens is 156 g/mol. The van der Waals surface area contributed by atoms with Crippen LogP contribution in [0.3, 0.4) is 0 Å². The van der Waals surface area contributed by atoms with Crippen molar-refractivity contribution in [3.8, 4) is 0 Å². The predicted molar refractivity (Wildman–Crippen MR) is 45.6 cm³/mol. The van der Waals surface area contributed by atoms with E-state index in [1.54, 1.807) is 0 Å². The smallest absolute Gasteiger partial charge is 0.0773 e. The highest BCUT2D eigenvalue weighted by Crippen LogP contribution is 2.15. The second-order valence-corrected chi connectivity index (χ2v) is 3.39. The van der Waals surface area contributed by atoms with E-state index in [4.69, 9.17) is 5.53 Å². The molecule has 1 heterocycles. The van der Waals surface area contributed by atoms with Gasteiger partial charge in [-0.1, -0.05) is 5.11 Å². The zero-order chi connectivity index (χ0) is 9.14. The van der Waals surface area contributed by atoms with Gasteiger partial charge in [0.1, 0.15) is 0 Å². The van der Waals surface area contributed by atoms with Crippen LogP contribution in [0.2, 0.25) is 0 Å². The van der Waals surface area contributed by atoms with E-state index in [-0.39, 0.29) is 6.04 Å². The predicted octanol–water partition coefficient (Wildman–Crippen LogP) is 0.750. The standard InChI is InChI=1S/C7H14N4O/c1-5(2)11-3-6(9-10-8)7(12)4-11/h5-7,12H,3-4H2,1-2H3/t6?,7-/m1/s1. The van der Waals surface area contributed by atoms with Crippen LogP contribution in [0.4, 0.5) is 0 Å². The summed E-state index contributed by atoms with van der Waals surface area (Å²) in [5.74, 6) is 0. The fourth-order valence-electron chi connectivity index (χ4n) is 1.40. The lowest BCUT2D eigenvalue weighted by Gasteiger charge is -2.18. The molecular formula is C7H14N4O. The van der Waals surface area contributed by atoms with Crippen LogP contribution in [0.25, 0.3) is 10.4 Å². The molecule has 0 amide bonds. The highest BCUT2D eigenvalue weighted by atomic mass is 16.3. The molecule has 1 aliphatic rings. The topological polar surface area (TPSA) is 72.2 Å². The Morgan fingerprint density at radius 1 is 1.58 bits per heavy atom. The maximum atomic E-state index is 9.43. The van der Waals surface area contributed by atoms with E-state index in [1.807, 2.05) is 0 Å². The van der Waals surface area contributed by atoms with E-state index < -0.39 is 6.10 Å². The summed E-state index contributed by atoms with van der Waals surface area (Å²) in [6, 6.07) is 0.135. The molecule has 12 heavy (non-hydrogen) atoms. The van der Waals surface area contributed by atoms with E-state index in [9.17, 15) is 5.11 Å². The summed E-state index contributed by atoms with van der Waals surface area (Å²) in [5, 5.41) is 13.0. The van der Waals surface area contributed by atoms with Crippen molar-refractivity contribution in [3.63, 3.8) is 0 Å². The van der Waals surface area contributed by atoms with E-state index in [1.165, 1.54) is 0 Å². The molecule has 0 radical (unpaired) electrons. The summed E-state index contributed by atoms with van der Waals surface area (Å²) in [4.78, 5) is 4.80. The summed E-state index contributed by atoms with van der Waals surface area (Å²) in [7, 11) is 0. The molecule has 0 aliphatic carbocycles. The Hall–Kier alpha value is -0.770. The molecule has 0 saturated carbocycles. The normalized spacial score (nSPS) is 30.7. The van der Waals surface area contributed by atoms with Gasteiger partial charge in [0.05, 0.1) is 12.1 Å². The van der Waals surface area contributed by atoms with Gasteiger partial charge in [-0.25, -0.2) is 0 Å². The van der Waals surface area contributed by atoms with Gasteiger partial charge in [-0.3, -0.25) is 4.90 Å². The number of rotatable bonds is 2. The maximum Gasteiger partial charge on any atom is 0.0773 e. The zero-order valence-electron chi connectivity index (χ0n) is 7.38. The molecule has 2 atom stereocenters. The van der Waals surface area contributed by atoms with Crippen molar-refractivity contribution in [1.82, 2.24) is 4.90 Å². The quantitative estimate of drug-likeness (QED) is 0.377. The van der Waals surface area contributed by atoms with Gasteiger partial charge >= 0.3 is 0 Å². The lowest BCUT2D eigenvalue weighted by atomic mass is 10.2.